The molecule has 5 aromatic rings. The maximum absolute atomic E-state index is 13.3. The van der Waals surface area contributed by atoms with E-state index in [9.17, 15) is 4.79 Å². The Morgan fingerprint density at radius 3 is 2.22 bits per heavy atom. The van der Waals surface area contributed by atoms with Crippen molar-refractivity contribution in [2.75, 3.05) is 7.11 Å². The summed E-state index contributed by atoms with van der Waals surface area (Å²) in [5.74, 6) is 0.573. The summed E-state index contributed by atoms with van der Waals surface area (Å²) in [6, 6.07) is 24.0. The molecule has 0 spiro atoms. The van der Waals surface area contributed by atoms with Crippen molar-refractivity contribution >= 4 is 54.0 Å². The first-order valence-electron chi connectivity index (χ1n) is 8.72. The quantitative estimate of drug-likeness (QED) is 0.246. The topological polar surface area (TPSA) is 26.3 Å². The molecule has 0 saturated carbocycles. The van der Waals surface area contributed by atoms with Gasteiger partial charge in [0, 0.05) is 10.0 Å². The molecule has 0 atom stereocenters. The normalized spacial score (nSPS) is 11.5. The SMILES string of the molecule is COc1ccccc1C(=O)c1ccc2ccc3cc(Br)cc4ccc1c2c34. The van der Waals surface area contributed by atoms with E-state index in [1.54, 1.807) is 7.11 Å². The molecule has 0 saturated heterocycles. The molecule has 0 N–H and O–H groups in total. The number of benzene rings is 5. The van der Waals surface area contributed by atoms with Crippen LogP contribution in [0.1, 0.15) is 15.9 Å². The zero-order valence-electron chi connectivity index (χ0n) is 14.6. The van der Waals surface area contributed by atoms with E-state index >= 15 is 0 Å². The lowest BCUT2D eigenvalue weighted by Crippen LogP contribution is -2.05. The highest BCUT2D eigenvalue weighted by Crippen LogP contribution is 2.38. The Bertz CT molecular complexity index is 1320. The minimum atomic E-state index is -0.0217. The van der Waals surface area contributed by atoms with Crippen LogP contribution in [0, 0.1) is 0 Å². The molecule has 0 unspecified atom stereocenters. The Kier molecular flexibility index (Phi) is 3.66. The van der Waals surface area contributed by atoms with Gasteiger partial charge in [-0.05, 0) is 62.6 Å². The Morgan fingerprint density at radius 2 is 1.44 bits per heavy atom. The minimum Gasteiger partial charge on any atom is -0.496 e. The predicted molar refractivity (Wildman–Crippen MR) is 114 cm³/mol. The molecule has 0 heterocycles. The van der Waals surface area contributed by atoms with Crippen molar-refractivity contribution in [1.29, 1.82) is 0 Å². The van der Waals surface area contributed by atoms with Gasteiger partial charge in [0.1, 0.15) is 5.75 Å². The summed E-state index contributed by atoms with van der Waals surface area (Å²) >= 11 is 3.59. The van der Waals surface area contributed by atoms with Gasteiger partial charge < -0.3 is 4.74 Å². The molecule has 0 radical (unpaired) electrons. The highest BCUT2D eigenvalue weighted by atomic mass is 79.9. The highest BCUT2D eigenvalue weighted by Gasteiger charge is 2.19. The van der Waals surface area contributed by atoms with Crippen LogP contribution in [-0.4, -0.2) is 12.9 Å². The molecule has 0 aliphatic rings. The van der Waals surface area contributed by atoms with Crippen molar-refractivity contribution in [3.05, 3.63) is 88.4 Å². The van der Waals surface area contributed by atoms with E-state index in [1.165, 1.54) is 16.2 Å². The van der Waals surface area contributed by atoms with Crippen LogP contribution in [0.5, 0.6) is 5.75 Å². The Hall–Kier alpha value is -2.91. The molecule has 27 heavy (non-hydrogen) atoms. The molecule has 0 amide bonds. The standard InChI is InChI=1S/C24H15BrO2/c1-27-21-5-3-2-4-20(21)24(26)19-11-8-14-6-7-15-12-17(25)13-16-9-10-18(19)23(14)22(15)16/h2-13H,1H3. The van der Waals surface area contributed by atoms with Crippen LogP contribution >= 0.6 is 15.9 Å². The van der Waals surface area contributed by atoms with Crippen LogP contribution in [0.3, 0.4) is 0 Å². The predicted octanol–water partition coefficient (Wildman–Crippen LogP) is 6.59. The van der Waals surface area contributed by atoms with Gasteiger partial charge in [-0.15, -0.1) is 0 Å². The van der Waals surface area contributed by atoms with Gasteiger partial charge in [-0.1, -0.05) is 58.4 Å². The maximum Gasteiger partial charge on any atom is 0.197 e. The summed E-state index contributed by atoms with van der Waals surface area (Å²) in [4.78, 5) is 13.3. The summed E-state index contributed by atoms with van der Waals surface area (Å²) in [7, 11) is 1.59. The number of carbonyl (C=O) groups is 1. The molecule has 0 fully saturated rings. The van der Waals surface area contributed by atoms with E-state index in [4.69, 9.17) is 4.74 Å². The Labute approximate surface area is 164 Å². The van der Waals surface area contributed by atoms with Crippen LogP contribution in [0.15, 0.2) is 77.3 Å². The lowest BCUT2D eigenvalue weighted by molar-refractivity contribution is 0.103. The van der Waals surface area contributed by atoms with Gasteiger partial charge in [0.2, 0.25) is 0 Å². The Morgan fingerprint density at radius 1 is 0.778 bits per heavy atom. The van der Waals surface area contributed by atoms with E-state index in [2.05, 4.69) is 52.3 Å². The third-order valence-corrected chi connectivity index (χ3v) is 5.62. The minimum absolute atomic E-state index is 0.0217. The third kappa shape index (κ3) is 2.42. The van der Waals surface area contributed by atoms with Crippen molar-refractivity contribution in [2.45, 2.75) is 0 Å². The number of ether oxygens (including phenoxy) is 1. The molecule has 2 nitrogen and oxygen atoms in total. The number of ketones is 1. The molecule has 0 aromatic heterocycles. The second kappa shape index (κ2) is 6.07. The molecular weight excluding hydrogens is 400 g/mol. The van der Waals surface area contributed by atoms with E-state index in [-0.39, 0.29) is 5.78 Å². The zero-order chi connectivity index (χ0) is 18.5. The Balaban J connectivity index is 1.85. The van der Waals surface area contributed by atoms with Crippen LogP contribution in [0.2, 0.25) is 0 Å². The number of carbonyl (C=O) groups excluding carboxylic acids is 1. The van der Waals surface area contributed by atoms with Crippen molar-refractivity contribution in [1.82, 2.24) is 0 Å². The van der Waals surface area contributed by atoms with E-state index < -0.39 is 0 Å². The summed E-state index contributed by atoms with van der Waals surface area (Å²) in [5.41, 5.74) is 1.28. The van der Waals surface area contributed by atoms with Gasteiger partial charge in [-0.3, -0.25) is 4.79 Å². The largest absolute Gasteiger partial charge is 0.496 e. The number of hydrogen-bond acceptors (Lipinski definition) is 2. The molecule has 130 valence electrons. The first kappa shape index (κ1) is 16.3. The average molecular weight is 415 g/mol. The van der Waals surface area contributed by atoms with E-state index in [1.807, 2.05) is 36.4 Å². The number of halogens is 1. The fourth-order valence-electron chi connectivity index (χ4n) is 3.96. The molecule has 5 rings (SSSR count). The summed E-state index contributed by atoms with van der Waals surface area (Å²) in [5, 5.41) is 6.78. The lowest BCUT2D eigenvalue weighted by Gasteiger charge is -2.14. The van der Waals surface area contributed by atoms with Crippen molar-refractivity contribution in [3.63, 3.8) is 0 Å². The summed E-state index contributed by atoms with van der Waals surface area (Å²) in [6.45, 7) is 0. The van der Waals surface area contributed by atoms with Crippen molar-refractivity contribution in [3.8, 4) is 5.75 Å². The number of para-hydroxylation sites is 1. The van der Waals surface area contributed by atoms with E-state index in [0.717, 1.165) is 20.6 Å². The van der Waals surface area contributed by atoms with Crippen LogP contribution in [-0.2, 0) is 0 Å². The van der Waals surface area contributed by atoms with Gasteiger partial charge in [0.15, 0.2) is 5.78 Å². The van der Waals surface area contributed by atoms with Crippen LogP contribution in [0.25, 0.3) is 32.3 Å². The average Bonchev–Trinajstić information content (AvgIpc) is 2.70. The fourth-order valence-corrected chi connectivity index (χ4v) is 4.45. The smallest absolute Gasteiger partial charge is 0.197 e. The van der Waals surface area contributed by atoms with Gasteiger partial charge in [-0.25, -0.2) is 0 Å². The van der Waals surface area contributed by atoms with Crippen molar-refractivity contribution < 1.29 is 9.53 Å². The van der Waals surface area contributed by atoms with Gasteiger partial charge in [0.05, 0.1) is 12.7 Å². The first-order valence-corrected chi connectivity index (χ1v) is 9.51. The first-order chi connectivity index (χ1) is 13.2. The lowest BCUT2D eigenvalue weighted by atomic mass is 9.89. The molecule has 0 bridgehead atoms. The monoisotopic (exact) mass is 414 g/mol. The molecule has 0 aliphatic heterocycles. The summed E-state index contributed by atoms with van der Waals surface area (Å²) in [6.07, 6.45) is 0. The van der Waals surface area contributed by atoms with E-state index in [0.29, 0.717) is 16.9 Å². The zero-order valence-corrected chi connectivity index (χ0v) is 16.2. The number of hydrogen-bond donors (Lipinski definition) is 0. The van der Waals surface area contributed by atoms with Crippen LogP contribution < -0.4 is 4.74 Å². The van der Waals surface area contributed by atoms with Crippen molar-refractivity contribution in [2.24, 2.45) is 0 Å². The van der Waals surface area contributed by atoms with Gasteiger partial charge >= 0.3 is 0 Å². The molecule has 5 aromatic carbocycles. The number of rotatable bonds is 3. The highest BCUT2D eigenvalue weighted by molar-refractivity contribution is 9.10. The molecular formula is C24H15BrO2. The number of methoxy groups -OCH3 is 1. The second-order valence-electron chi connectivity index (χ2n) is 6.65. The van der Waals surface area contributed by atoms with Gasteiger partial charge in [0.25, 0.3) is 0 Å². The second-order valence-corrected chi connectivity index (χ2v) is 7.56. The maximum atomic E-state index is 13.3. The van der Waals surface area contributed by atoms with Gasteiger partial charge in [-0.2, -0.15) is 0 Å². The van der Waals surface area contributed by atoms with Crippen LogP contribution in [0.4, 0.5) is 0 Å². The summed E-state index contributed by atoms with van der Waals surface area (Å²) < 4.78 is 6.45. The molecule has 3 heteroatoms. The third-order valence-electron chi connectivity index (χ3n) is 5.16. The molecule has 0 aliphatic carbocycles. The fraction of sp³-hybridized carbons (Fsp3) is 0.0417.